The summed E-state index contributed by atoms with van der Waals surface area (Å²) in [5, 5.41) is 86.4. The number of unbranched alkanes of at least 4 members (excludes halogenated alkanes) is 12. The van der Waals surface area contributed by atoms with Gasteiger partial charge in [-0.05, 0) is 64.2 Å². The van der Waals surface area contributed by atoms with Gasteiger partial charge in [0.25, 0.3) is 0 Å². The van der Waals surface area contributed by atoms with Crippen LogP contribution in [-0.4, -0.2) is 140 Å². The van der Waals surface area contributed by atoms with Crippen LogP contribution in [0.4, 0.5) is 0 Å². The Labute approximate surface area is 365 Å². The van der Waals surface area contributed by atoms with Crippen molar-refractivity contribution in [1.29, 1.82) is 0 Å². The first-order valence-electron chi connectivity index (χ1n) is 23.0. The van der Waals surface area contributed by atoms with Crippen molar-refractivity contribution >= 4 is 5.91 Å². The maximum Gasteiger partial charge on any atom is 0.220 e. The van der Waals surface area contributed by atoms with Crippen LogP contribution in [0.1, 0.15) is 136 Å². The van der Waals surface area contributed by atoms with E-state index >= 15 is 0 Å². The van der Waals surface area contributed by atoms with E-state index in [-0.39, 0.29) is 18.9 Å². The molecule has 2 saturated heterocycles. The molecule has 0 saturated carbocycles. The van der Waals surface area contributed by atoms with Gasteiger partial charge in [0.05, 0.1) is 32.0 Å². The third-order valence-corrected chi connectivity index (χ3v) is 10.9. The SMILES string of the molecule is CC/C=C\C/C=C\C/C=C\CCCCCCCC(=O)NC(COC1OC(CO)C(OC2OC(CO)C(O)C(O)C2O)C(O)C1O)C(O)/C=C/CC/C=C/CCCCCCCC. The lowest BCUT2D eigenvalue weighted by Crippen LogP contribution is -2.65. The molecule has 12 unspecified atom stereocenters. The van der Waals surface area contributed by atoms with Gasteiger partial charge in [-0.3, -0.25) is 4.79 Å². The highest BCUT2D eigenvalue weighted by Crippen LogP contribution is 2.30. The summed E-state index contributed by atoms with van der Waals surface area (Å²) in [6.45, 7) is 2.58. The molecule has 0 aliphatic carbocycles. The van der Waals surface area contributed by atoms with E-state index < -0.39 is 86.8 Å². The van der Waals surface area contributed by atoms with E-state index in [2.05, 4.69) is 67.8 Å². The molecule has 2 aliphatic rings. The van der Waals surface area contributed by atoms with E-state index in [0.29, 0.717) is 12.8 Å². The molecule has 14 heteroatoms. The molecule has 0 aromatic carbocycles. The molecule has 14 nitrogen and oxygen atoms in total. The third kappa shape index (κ3) is 22.2. The zero-order valence-corrected chi connectivity index (χ0v) is 36.9. The van der Waals surface area contributed by atoms with Crippen LogP contribution in [-0.2, 0) is 23.7 Å². The summed E-state index contributed by atoms with van der Waals surface area (Å²) in [5.74, 6) is -0.272. The van der Waals surface area contributed by atoms with Crippen LogP contribution in [0, 0.1) is 0 Å². The Morgan fingerprint density at radius 1 is 0.607 bits per heavy atom. The average molecular weight is 868 g/mol. The van der Waals surface area contributed by atoms with E-state index in [9.17, 15) is 45.6 Å². The molecule has 2 rings (SSSR count). The number of hydrogen-bond donors (Lipinski definition) is 9. The van der Waals surface area contributed by atoms with Gasteiger partial charge in [0.15, 0.2) is 12.6 Å². The van der Waals surface area contributed by atoms with Crippen molar-refractivity contribution in [2.45, 2.75) is 209 Å². The first-order chi connectivity index (χ1) is 29.6. The average Bonchev–Trinajstić information content (AvgIpc) is 3.26. The number of allylic oxidation sites excluding steroid dienone is 9. The zero-order valence-electron chi connectivity index (χ0n) is 36.9. The Hall–Kier alpha value is -2.31. The molecule has 0 spiro atoms. The minimum Gasteiger partial charge on any atom is -0.394 e. The lowest BCUT2D eigenvalue weighted by atomic mass is 9.97. The van der Waals surface area contributed by atoms with E-state index in [1.165, 1.54) is 38.5 Å². The van der Waals surface area contributed by atoms with Crippen molar-refractivity contribution < 1.29 is 64.6 Å². The van der Waals surface area contributed by atoms with Crippen LogP contribution in [0.25, 0.3) is 0 Å². The maximum atomic E-state index is 13.1. The Bertz CT molecular complexity index is 1260. The summed E-state index contributed by atoms with van der Waals surface area (Å²) in [4.78, 5) is 13.1. The molecule has 2 heterocycles. The van der Waals surface area contributed by atoms with Crippen molar-refractivity contribution in [1.82, 2.24) is 5.32 Å². The van der Waals surface area contributed by atoms with Crippen LogP contribution < -0.4 is 5.32 Å². The quantitative estimate of drug-likeness (QED) is 0.0322. The second-order valence-electron chi connectivity index (χ2n) is 16.1. The number of rotatable bonds is 33. The largest absolute Gasteiger partial charge is 0.394 e. The molecule has 2 fully saturated rings. The Kier molecular flexibility index (Phi) is 30.7. The second kappa shape index (κ2) is 34.1. The lowest BCUT2D eigenvalue weighted by molar-refractivity contribution is -0.359. The molecule has 0 aromatic heterocycles. The number of amides is 1. The number of carbonyl (C=O) groups is 1. The van der Waals surface area contributed by atoms with Gasteiger partial charge in [0.2, 0.25) is 5.91 Å². The molecule has 0 radical (unpaired) electrons. The monoisotopic (exact) mass is 868 g/mol. The summed E-state index contributed by atoms with van der Waals surface area (Å²) in [6, 6.07) is -0.940. The lowest BCUT2D eigenvalue weighted by Gasteiger charge is -2.46. The molecular formula is C47H81NO13. The predicted octanol–water partition coefficient (Wildman–Crippen LogP) is 4.71. The smallest absolute Gasteiger partial charge is 0.220 e. The molecule has 352 valence electrons. The molecule has 12 atom stereocenters. The summed E-state index contributed by atoms with van der Waals surface area (Å²) >= 11 is 0. The van der Waals surface area contributed by atoms with Gasteiger partial charge in [-0.2, -0.15) is 0 Å². The van der Waals surface area contributed by atoms with Gasteiger partial charge < -0.3 is 65.1 Å². The minimum absolute atomic E-state index is 0.251. The number of ether oxygens (including phenoxy) is 4. The van der Waals surface area contributed by atoms with Gasteiger partial charge in [-0.25, -0.2) is 0 Å². The molecule has 0 bridgehead atoms. The summed E-state index contributed by atoms with van der Waals surface area (Å²) < 4.78 is 22.6. The van der Waals surface area contributed by atoms with Crippen molar-refractivity contribution in [2.24, 2.45) is 0 Å². The van der Waals surface area contributed by atoms with E-state index in [1.54, 1.807) is 6.08 Å². The van der Waals surface area contributed by atoms with Crippen LogP contribution in [0.15, 0.2) is 60.8 Å². The number of carbonyl (C=O) groups excluding carboxylic acids is 1. The highest BCUT2D eigenvalue weighted by molar-refractivity contribution is 5.76. The molecule has 0 aromatic rings. The number of hydrogen-bond acceptors (Lipinski definition) is 13. The first-order valence-corrected chi connectivity index (χ1v) is 23.0. The number of aliphatic hydroxyl groups is 8. The van der Waals surface area contributed by atoms with Crippen molar-refractivity contribution in [3.63, 3.8) is 0 Å². The van der Waals surface area contributed by atoms with Crippen LogP contribution in [0.2, 0.25) is 0 Å². The van der Waals surface area contributed by atoms with Gasteiger partial charge in [0.1, 0.15) is 48.8 Å². The van der Waals surface area contributed by atoms with E-state index in [4.69, 9.17) is 18.9 Å². The maximum absolute atomic E-state index is 13.1. The highest BCUT2D eigenvalue weighted by atomic mass is 16.7. The summed E-state index contributed by atoms with van der Waals surface area (Å²) in [7, 11) is 0. The van der Waals surface area contributed by atoms with Crippen molar-refractivity contribution in [3.8, 4) is 0 Å². The Morgan fingerprint density at radius 2 is 1.15 bits per heavy atom. The van der Waals surface area contributed by atoms with Crippen LogP contribution in [0.3, 0.4) is 0 Å². The van der Waals surface area contributed by atoms with Gasteiger partial charge in [-0.15, -0.1) is 0 Å². The van der Waals surface area contributed by atoms with Crippen molar-refractivity contribution in [3.05, 3.63) is 60.8 Å². The molecule has 61 heavy (non-hydrogen) atoms. The molecule has 9 N–H and O–H groups in total. The van der Waals surface area contributed by atoms with Gasteiger partial charge in [-0.1, -0.05) is 126 Å². The van der Waals surface area contributed by atoms with Crippen LogP contribution in [0.5, 0.6) is 0 Å². The normalized spacial score (nSPS) is 28.6. The molecular weight excluding hydrogens is 787 g/mol. The predicted molar refractivity (Wildman–Crippen MR) is 235 cm³/mol. The Morgan fingerprint density at radius 3 is 1.80 bits per heavy atom. The summed E-state index contributed by atoms with van der Waals surface area (Å²) in [5.41, 5.74) is 0. The molecule has 1 amide bonds. The Balaban J connectivity index is 1.92. The number of nitrogens with one attached hydrogen (secondary N) is 1. The van der Waals surface area contributed by atoms with Crippen LogP contribution >= 0.6 is 0 Å². The zero-order chi connectivity index (χ0) is 44.7. The first kappa shape index (κ1) is 54.8. The van der Waals surface area contributed by atoms with Gasteiger partial charge in [0, 0.05) is 6.42 Å². The number of aliphatic hydroxyl groups excluding tert-OH is 8. The molecule has 2 aliphatic heterocycles. The van der Waals surface area contributed by atoms with E-state index in [1.807, 2.05) is 6.08 Å². The van der Waals surface area contributed by atoms with Gasteiger partial charge >= 0.3 is 0 Å². The summed E-state index contributed by atoms with van der Waals surface area (Å²) in [6.07, 6.45) is 22.7. The van der Waals surface area contributed by atoms with E-state index in [0.717, 1.165) is 64.2 Å². The fourth-order valence-electron chi connectivity index (χ4n) is 7.14. The fraction of sp³-hybridized carbons (Fsp3) is 0.766. The third-order valence-electron chi connectivity index (χ3n) is 10.9. The second-order valence-corrected chi connectivity index (χ2v) is 16.1. The standard InChI is InChI=1S/C47H81NO13/c1-3-5-7-9-11-13-15-17-18-19-21-23-25-27-29-31-39(52)48-35(36(51)30-28-26-24-22-20-16-14-12-10-8-6-4-2)34-58-46-44(57)42(55)45(38(33-50)60-46)61-47-43(56)41(54)40(53)37(32-49)59-47/h5,7,11,13,17-18,20,22,28,30,35-38,40-47,49-51,53-57H,3-4,6,8-10,12,14-16,19,21,23-27,29,31-34H2,1-2H3,(H,48,52)/b7-5-,13-11-,18-17-,22-20+,30-28+. The minimum atomic E-state index is -1.79. The fourth-order valence-corrected chi connectivity index (χ4v) is 7.14. The topological polar surface area (TPSA) is 228 Å². The highest BCUT2D eigenvalue weighted by Gasteiger charge is 2.50. The van der Waals surface area contributed by atoms with Crippen molar-refractivity contribution in [2.75, 3.05) is 19.8 Å².